The van der Waals surface area contributed by atoms with Crippen LogP contribution in [0.3, 0.4) is 0 Å². The quantitative estimate of drug-likeness (QED) is 0.885. The largest absolute Gasteiger partial charge is 0.380 e. The molecule has 23 heavy (non-hydrogen) atoms. The number of amides is 1. The standard InChI is InChI=1S/C18H23N3OS/c1-19-17-11-15(13-23-17)18(22)20-16-7-9-21(10-8-16)12-14-5-3-2-4-6-14/h2-6,11,13,16,19H,7-10,12H2,1H3,(H,20,22). The van der Waals surface area contributed by atoms with Crippen LogP contribution in [0.1, 0.15) is 28.8 Å². The molecule has 2 N–H and O–H groups in total. The lowest BCUT2D eigenvalue weighted by Gasteiger charge is -2.32. The van der Waals surface area contributed by atoms with Crippen molar-refractivity contribution in [2.75, 3.05) is 25.5 Å². The van der Waals surface area contributed by atoms with Gasteiger partial charge >= 0.3 is 0 Å². The second-order valence-corrected chi connectivity index (χ2v) is 6.87. The van der Waals surface area contributed by atoms with E-state index in [0.717, 1.165) is 43.0 Å². The van der Waals surface area contributed by atoms with E-state index in [0.29, 0.717) is 0 Å². The van der Waals surface area contributed by atoms with E-state index in [1.54, 1.807) is 11.3 Å². The summed E-state index contributed by atoms with van der Waals surface area (Å²) >= 11 is 1.56. The zero-order valence-corrected chi connectivity index (χ0v) is 14.2. The number of thiophene rings is 1. The van der Waals surface area contributed by atoms with Gasteiger partial charge < -0.3 is 10.6 Å². The van der Waals surface area contributed by atoms with Crippen molar-refractivity contribution in [2.45, 2.75) is 25.4 Å². The Morgan fingerprint density at radius 2 is 2.00 bits per heavy atom. The fourth-order valence-corrected chi connectivity index (χ4v) is 3.67. The minimum Gasteiger partial charge on any atom is -0.380 e. The summed E-state index contributed by atoms with van der Waals surface area (Å²) in [7, 11) is 1.87. The summed E-state index contributed by atoms with van der Waals surface area (Å²) in [5.41, 5.74) is 2.11. The van der Waals surface area contributed by atoms with E-state index in [1.807, 2.05) is 18.5 Å². The monoisotopic (exact) mass is 329 g/mol. The first kappa shape index (κ1) is 16.0. The highest BCUT2D eigenvalue weighted by Crippen LogP contribution is 2.20. The average molecular weight is 329 g/mol. The van der Waals surface area contributed by atoms with Crippen molar-refractivity contribution < 1.29 is 4.79 Å². The smallest absolute Gasteiger partial charge is 0.252 e. The van der Waals surface area contributed by atoms with E-state index in [4.69, 9.17) is 0 Å². The molecule has 0 aliphatic carbocycles. The van der Waals surface area contributed by atoms with Gasteiger partial charge in [-0.3, -0.25) is 9.69 Å². The van der Waals surface area contributed by atoms with Crippen molar-refractivity contribution in [3.63, 3.8) is 0 Å². The van der Waals surface area contributed by atoms with Crippen LogP contribution in [0, 0.1) is 0 Å². The van der Waals surface area contributed by atoms with Crippen LogP contribution in [-0.2, 0) is 6.54 Å². The highest BCUT2D eigenvalue weighted by atomic mass is 32.1. The van der Waals surface area contributed by atoms with Crippen LogP contribution < -0.4 is 10.6 Å². The predicted octanol–water partition coefficient (Wildman–Crippen LogP) is 3.18. The van der Waals surface area contributed by atoms with Gasteiger partial charge in [-0.05, 0) is 24.5 Å². The maximum Gasteiger partial charge on any atom is 0.252 e. The second kappa shape index (κ2) is 7.62. The third kappa shape index (κ3) is 4.33. The summed E-state index contributed by atoms with van der Waals surface area (Å²) in [6.07, 6.45) is 2.03. The molecule has 1 aromatic heterocycles. The molecule has 1 aliphatic heterocycles. The molecule has 0 unspecified atom stereocenters. The number of nitrogens with zero attached hydrogens (tertiary/aromatic N) is 1. The van der Waals surface area contributed by atoms with Crippen LogP contribution in [0.15, 0.2) is 41.8 Å². The molecule has 0 spiro atoms. The number of nitrogens with one attached hydrogen (secondary N) is 2. The maximum absolute atomic E-state index is 12.3. The molecule has 1 aliphatic rings. The predicted molar refractivity (Wildman–Crippen MR) is 96.1 cm³/mol. The average Bonchev–Trinajstić information content (AvgIpc) is 3.07. The Hall–Kier alpha value is -1.85. The van der Waals surface area contributed by atoms with Crippen molar-refractivity contribution in [3.05, 3.63) is 52.9 Å². The summed E-state index contributed by atoms with van der Waals surface area (Å²) in [4.78, 5) is 14.7. The number of rotatable bonds is 5. The lowest BCUT2D eigenvalue weighted by Crippen LogP contribution is -2.44. The first-order valence-corrected chi connectivity index (χ1v) is 8.96. The lowest BCUT2D eigenvalue weighted by molar-refractivity contribution is 0.0909. The Kier molecular flexibility index (Phi) is 5.31. The van der Waals surface area contributed by atoms with Crippen molar-refractivity contribution in [3.8, 4) is 0 Å². The van der Waals surface area contributed by atoms with Gasteiger partial charge in [0.25, 0.3) is 5.91 Å². The van der Waals surface area contributed by atoms with Crippen LogP contribution in [0.25, 0.3) is 0 Å². The first-order valence-electron chi connectivity index (χ1n) is 8.08. The molecule has 3 rings (SSSR count). The van der Waals surface area contributed by atoms with E-state index in [-0.39, 0.29) is 11.9 Å². The molecule has 2 aromatic rings. The van der Waals surface area contributed by atoms with E-state index in [2.05, 4.69) is 45.9 Å². The molecular formula is C18H23N3OS. The van der Waals surface area contributed by atoms with Gasteiger partial charge in [0, 0.05) is 38.1 Å². The van der Waals surface area contributed by atoms with Crippen LogP contribution in [0.2, 0.25) is 0 Å². The Balaban J connectivity index is 1.46. The number of carbonyl (C=O) groups is 1. The number of hydrogen-bond donors (Lipinski definition) is 2. The molecule has 4 nitrogen and oxygen atoms in total. The van der Waals surface area contributed by atoms with Crippen LogP contribution in [-0.4, -0.2) is 37.0 Å². The Bertz CT molecular complexity index is 633. The second-order valence-electron chi connectivity index (χ2n) is 5.96. The number of anilines is 1. The van der Waals surface area contributed by atoms with Crippen molar-refractivity contribution in [1.29, 1.82) is 0 Å². The topological polar surface area (TPSA) is 44.4 Å². The third-order valence-electron chi connectivity index (χ3n) is 4.28. The molecule has 5 heteroatoms. The van der Waals surface area contributed by atoms with E-state index < -0.39 is 0 Å². The van der Waals surface area contributed by atoms with E-state index in [1.165, 1.54) is 5.56 Å². The first-order chi connectivity index (χ1) is 11.2. The normalized spacial score (nSPS) is 16.2. The maximum atomic E-state index is 12.3. The van der Waals surface area contributed by atoms with Gasteiger partial charge in [0.15, 0.2) is 0 Å². The fourth-order valence-electron chi connectivity index (χ4n) is 2.93. The molecule has 1 fully saturated rings. The van der Waals surface area contributed by atoms with Gasteiger partial charge in [0.2, 0.25) is 0 Å². The molecule has 0 bridgehead atoms. The van der Waals surface area contributed by atoms with Gasteiger partial charge in [-0.15, -0.1) is 11.3 Å². The molecule has 122 valence electrons. The third-order valence-corrected chi connectivity index (χ3v) is 5.23. The van der Waals surface area contributed by atoms with Crippen molar-refractivity contribution in [1.82, 2.24) is 10.2 Å². The number of benzene rings is 1. The molecule has 0 saturated carbocycles. The summed E-state index contributed by atoms with van der Waals surface area (Å²) in [5, 5.41) is 9.17. The Morgan fingerprint density at radius 3 is 2.65 bits per heavy atom. The van der Waals surface area contributed by atoms with Crippen LogP contribution in [0.4, 0.5) is 5.00 Å². The Labute approximate surface area is 141 Å². The highest BCUT2D eigenvalue weighted by molar-refractivity contribution is 7.14. The zero-order valence-electron chi connectivity index (χ0n) is 13.4. The highest BCUT2D eigenvalue weighted by Gasteiger charge is 2.21. The number of piperidine rings is 1. The molecule has 2 heterocycles. The molecule has 1 saturated heterocycles. The van der Waals surface area contributed by atoms with E-state index >= 15 is 0 Å². The minimum atomic E-state index is 0.0456. The van der Waals surface area contributed by atoms with Gasteiger partial charge in [0.1, 0.15) is 0 Å². The van der Waals surface area contributed by atoms with Crippen LogP contribution >= 0.6 is 11.3 Å². The van der Waals surface area contributed by atoms with Gasteiger partial charge in [-0.25, -0.2) is 0 Å². The number of likely N-dealkylation sites (tertiary alicyclic amines) is 1. The summed E-state index contributed by atoms with van der Waals surface area (Å²) in [6.45, 7) is 3.06. The van der Waals surface area contributed by atoms with Gasteiger partial charge in [-0.1, -0.05) is 30.3 Å². The molecule has 1 aromatic carbocycles. The van der Waals surface area contributed by atoms with Gasteiger partial charge in [-0.2, -0.15) is 0 Å². The fraction of sp³-hybridized carbons (Fsp3) is 0.389. The number of carbonyl (C=O) groups excluding carboxylic acids is 1. The Morgan fingerprint density at radius 1 is 1.26 bits per heavy atom. The lowest BCUT2D eigenvalue weighted by atomic mass is 10.0. The summed E-state index contributed by atoms with van der Waals surface area (Å²) in [6, 6.07) is 12.8. The zero-order chi connectivity index (χ0) is 16.1. The van der Waals surface area contributed by atoms with Crippen molar-refractivity contribution in [2.24, 2.45) is 0 Å². The van der Waals surface area contributed by atoms with Gasteiger partial charge in [0.05, 0.1) is 10.6 Å². The molecular weight excluding hydrogens is 306 g/mol. The molecule has 1 amide bonds. The SMILES string of the molecule is CNc1cc(C(=O)NC2CCN(Cc3ccccc3)CC2)cs1. The van der Waals surface area contributed by atoms with Crippen LogP contribution in [0.5, 0.6) is 0 Å². The summed E-state index contributed by atoms with van der Waals surface area (Å²) < 4.78 is 0. The molecule has 0 atom stereocenters. The van der Waals surface area contributed by atoms with E-state index in [9.17, 15) is 4.79 Å². The minimum absolute atomic E-state index is 0.0456. The van der Waals surface area contributed by atoms with Crippen molar-refractivity contribution >= 4 is 22.2 Å². The molecule has 0 radical (unpaired) electrons. The summed E-state index contributed by atoms with van der Waals surface area (Å²) in [5.74, 6) is 0.0456. The number of hydrogen-bond acceptors (Lipinski definition) is 4.